The van der Waals surface area contributed by atoms with Crippen molar-refractivity contribution in [3.63, 3.8) is 0 Å². The van der Waals surface area contributed by atoms with Crippen LogP contribution in [0.2, 0.25) is 0 Å². The number of piperidine rings is 1. The fraction of sp³-hybridized carbons (Fsp3) is 0.526. The van der Waals surface area contributed by atoms with E-state index >= 15 is 0 Å². The van der Waals surface area contributed by atoms with Crippen LogP contribution >= 0.6 is 0 Å². The molecule has 0 N–H and O–H groups in total. The standard InChI is InChI=1S/C19H26N4O2/c1-5-25-16-8-10-22(11-9-16)19(24)18-15(4)20-23(21-18)17-7-6-13(2)12-14(17)3/h6-7,12,16H,5,8-11H2,1-4H3. The van der Waals surface area contributed by atoms with Gasteiger partial charge in [0.1, 0.15) is 0 Å². The fourth-order valence-electron chi connectivity index (χ4n) is 3.32. The second kappa shape index (κ2) is 7.35. The van der Waals surface area contributed by atoms with Crippen LogP contribution in [0, 0.1) is 20.8 Å². The number of likely N-dealkylation sites (tertiary alicyclic amines) is 1. The van der Waals surface area contributed by atoms with Gasteiger partial charge in [-0.2, -0.15) is 9.90 Å². The summed E-state index contributed by atoms with van der Waals surface area (Å²) in [5.74, 6) is -0.0385. The molecule has 1 saturated heterocycles. The van der Waals surface area contributed by atoms with Crippen LogP contribution in [0.3, 0.4) is 0 Å². The molecule has 3 rings (SSSR count). The molecule has 0 bridgehead atoms. The zero-order valence-corrected chi connectivity index (χ0v) is 15.5. The molecule has 1 aliphatic rings. The average Bonchev–Trinajstić information content (AvgIpc) is 2.96. The first-order chi connectivity index (χ1) is 12.0. The van der Waals surface area contributed by atoms with Crippen molar-refractivity contribution in [3.8, 4) is 5.69 Å². The Bertz CT molecular complexity index is 761. The van der Waals surface area contributed by atoms with Gasteiger partial charge in [-0.25, -0.2) is 0 Å². The van der Waals surface area contributed by atoms with Crippen LogP contribution in [0.25, 0.3) is 5.69 Å². The van der Waals surface area contributed by atoms with Gasteiger partial charge >= 0.3 is 0 Å². The van der Waals surface area contributed by atoms with E-state index < -0.39 is 0 Å². The summed E-state index contributed by atoms with van der Waals surface area (Å²) in [6.45, 7) is 10.1. The molecule has 1 aromatic heterocycles. The van der Waals surface area contributed by atoms with Crippen LogP contribution in [0.5, 0.6) is 0 Å². The van der Waals surface area contributed by atoms with Crippen LogP contribution < -0.4 is 0 Å². The summed E-state index contributed by atoms with van der Waals surface area (Å²) in [5.41, 5.74) is 4.29. The Morgan fingerprint density at radius 1 is 1.20 bits per heavy atom. The number of hydrogen-bond donors (Lipinski definition) is 0. The normalized spacial score (nSPS) is 15.6. The van der Waals surface area contributed by atoms with Crippen LogP contribution in [0.15, 0.2) is 18.2 Å². The van der Waals surface area contributed by atoms with Gasteiger partial charge in [0.25, 0.3) is 5.91 Å². The second-order valence-electron chi connectivity index (χ2n) is 6.66. The van der Waals surface area contributed by atoms with Crippen molar-refractivity contribution in [2.45, 2.75) is 46.6 Å². The zero-order valence-electron chi connectivity index (χ0n) is 15.5. The molecule has 1 aromatic carbocycles. The summed E-state index contributed by atoms with van der Waals surface area (Å²) in [5, 5.41) is 8.95. The number of ether oxygens (including phenoxy) is 1. The molecule has 0 atom stereocenters. The maximum Gasteiger partial charge on any atom is 0.276 e. The van der Waals surface area contributed by atoms with Crippen molar-refractivity contribution in [1.29, 1.82) is 0 Å². The predicted molar refractivity (Wildman–Crippen MR) is 96.1 cm³/mol. The Hall–Kier alpha value is -2.21. The van der Waals surface area contributed by atoms with Crippen molar-refractivity contribution in [2.24, 2.45) is 0 Å². The van der Waals surface area contributed by atoms with Crippen molar-refractivity contribution < 1.29 is 9.53 Å². The smallest absolute Gasteiger partial charge is 0.276 e. The summed E-state index contributed by atoms with van der Waals surface area (Å²) in [6, 6.07) is 6.11. The van der Waals surface area contributed by atoms with E-state index in [1.54, 1.807) is 4.80 Å². The van der Waals surface area contributed by atoms with E-state index in [1.165, 1.54) is 5.56 Å². The summed E-state index contributed by atoms with van der Waals surface area (Å²) in [4.78, 5) is 16.3. The summed E-state index contributed by atoms with van der Waals surface area (Å²) in [7, 11) is 0. The molecule has 134 valence electrons. The number of carbonyl (C=O) groups is 1. The first kappa shape index (κ1) is 17.6. The minimum atomic E-state index is -0.0385. The molecule has 6 heteroatoms. The van der Waals surface area contributed by atoms with Crippen LogP contribution in [0.4, 0.5) is 0 Å². The highest BCUT2D eigenvalue weighted by molar-refractivity contribution is 5.93. The highest BCUT2D eigenvalue weighted by atomic mass is 16.5. The van der Waals surface area contributed by atoms with E-state index in [1.807, 2.05) is 37.8 Å². The van der Waals surface area contributed by atoms with Crippen molar-refractivity contribution in [2.75, 3.05) is 19.7 Å². The summed E-state index contributed by atoms with van der Waals surface area (Å²) in [6.07, 6.45) is 2.02. The minimum absolute atomic E-state index is 0.0385. The lowest BCUT2D eigenvalue weighted by molar-refractivity contribution is 0.0144. The van der Waals surface area contributed by atoms with Gasteiger partial charge in [0.2, 0.25) is 0 Å². The maximum atomic E-state index is 12.8. The number of aromatic nitrogens is 3. The number of nitrogens with zero attached hydrogens (tertiary/aromatic N) is 4. The van der Waals surface area contributed by atoms with E-state index in [9.17, 15) is 4.79 Å². The van der Waals surface area contributed by atoms with Crippen LogP contribution in [-0.4, -0.2) is 51.6 Å². The molecule has 1 fully saturated rings. The molecular formula is C19H26N4O2. The van der Waals surface area contributed by atoms with E-state index in [-0.39, 0.29) is 12.0 Å². The Kier molecular flexibility index (Phi) is 5.18. The largest absolute Gasteiger partial charge is 0.378 e. The van der Waals surface area contributed by atoms with Gasteiger partial charge in [0, 0.05) is 19.7 Å². The first-order valence-electron chi connectivity index (χ1n) is 8.92. The number of rotatable bonds is 4. The monoisotopic (exact) mass is 342 g/mol. The molecule has 1 amide bonds. The molecule has 2 aromatic rings. The average molecular weight is 342 g/mol. The first-order valence-corrected chi connectivity index (χ1v) is 8.92. The number of hydrogen-bond acceptors (Lipinski definition) is 4. The minimum Gasteiger partial charge on any atom is -0.378 e. The molecule has 0 radical (unpaired) electrons. The molecule has 0 aliphatic carbocycles. The van der Waals surface area contributed by atoms with Gasteiger partial charge in [-0.05, 0) is 52.2 Å². The van der Waals surface area contributed by atoms with E-state index in [0.29, 0.717) is 24.5 Å². The molecule has 6 nitrogen and oxygen atoms in total. The van der Waals surface area contributed by atoms with Gasteiger partial charge < -0.3 is 9.64 Å². The Balaban J connectivity index is 1.77. The van der Waals surface area contributed by atoms with Crippen molar-refractivity contribution >= 4 is 5.91 Å². The Morgan fingerprint density at radius 3 is 2.56 bits per heavy atom. The quantitative estimate of drug-likeness (QED) is 0.857. The maximum absolute atomic E-state index is 12.8. The third-order valence-corrected chi connectivity index (χ3v) is 4.68. The third kappa shape index (κ3) is 3.74. The van der Waals surface area contributed by atoms with Crippen LogP contribution in [0.1, 0.15) is 47.1 Å². The van der Waals surface area contributed by atoms with E-state index in [0.717, 1.165) is 30.7 Å². The molecular weight excluding hydrogens is 316 g/mol. The van der Waals surface area contributed by atoms with Crippen molar-refractivity contribution in [1.82, 2.24) is 19.9 Å². The van der Waals surface area contributed by atoms with Gasteiger partial charge in [-0.1, -0.05) is 17.7 Å². The molecule has 0 saturated carbocycles. The lowest BCUT2D eigenvalue weighted by atomic mass is 10.1. The Labute approximate surface area is 148 Å². The second-order valence-corrected chi connectivity index (χ2v) is 6.66. The van der Waals surface area contributed by atoms with Crippen molar-refractivity contribution in [3.05, 3.63) is 40.7 Å². The number of amides is 1. The Morgan fingerprint density at radius 2 is 1.92 bits per heavy atom. The molecule has 1 aliphatic heterocycles. The molecule has 0 unspecified atom stereocenters. The number of carbonyl (C=O) groups excluding carboxylic acids is 1. The van der Waals surface area contributed by atoms with Gasteiger partial charge in [0.05, 0.1) is 17.5 Å². The van der Waals surface area contributed by atoms with Gasteiger partial charge in [0.15, 0.2) is 5.69 Å². The van der Waals surface area contributed by atoms with Gasteiger partial charge in [-0.15, -0.1) is 5.10 Å². The third-order valence-electron chi connectivity index (χ3n) is 4.68. The molecule has 2 heterocycles. The lowest BCUT2D eigenvalue weighted by Gasteiger charge is -2.31. The summed E-state index contributed by atoms with van der Waals surface area (Å²) >= 11 is 0. The topological polar surface area (TPSA) is 60.2 Å². The van der Waals surface area contributed by atoms with E-state index in [2.05, 4.69) is 23.2 Å². The number of benzene rings is 1. The summed E-state index contributed by atoms with van der Waals surface area (Å²) < 4.78 is 5.65. The highest BCUT2D eigenvalue weighted by Gasteiger charge is 2.27. The fourth-order valence-corrected chi connectivity index (χ4v) is 3.32. The molecule has 0 spiro atoms. The molecule has 25 heavy (non-hydrogen) atoms. The van der Waals surface area contributed by atoms with E-state index in [4.69, 9.17) is 4.74 Å². The number of aryl methyl sites for hydroxylation is 3. The van der Waals surface area contributed by atoms with Gasteiger partial charge in [-0.3, -0.25) is 4.79 Å². The van der Waals surface area contributed by atoms with Crippen LogP contribution in [-0.2, 0) is 4.74 Å². The lowest BCUT2D eigenvalue weighted by Crippen LogP contribution is -2.41. The SMILES string of the molecule is CCOC1CCN(C(=O)c2nn(-c3ccc(C)cc3C)nc2C)CC1. The highest BCUT2D eigenvalue weighted by Crippen LogP contribution is 2.19. The zero-order chi connectivity index (χ0) is 18.0. The predicted octanol–water partition coefficient (Wildman–Crippen LogP) is 2.83.